The van der Waals surface area contributed by atoms with Gasteiger partial charge in [-0.25, -0.2) is 8.42 Å². The Bertz CT molecular complexity index is 576. The van der Waals surface area contributed by atoms with E-state index in [0.717, 1.165) is 11.1 Å². The molecule has 1 fully saturated rings. The van der Waals surface area contributed by atoms with Crippen molar-refractivity contribution >= 4 is 27.3 Å². The number of sulfone groups is 1. The SMILES string of the molecule is CS(=O)(=O)[C@]1([N+](=O)[O-])C[C@@H]1C/C=C/c1cccs1. The van der Waals surface area contributed by atoms with Gasteiger partial charge in [0.25, 0.3) is 0 Å². The van der Waals surface area contributed by atoms with Crippen molar-refractivity contribution in [1.82, 2.24) is 0 Å². The Hall–Kier alpha value is -1.21. The van der Waals surface area contributed by atoms with Gasteiger partial charge in [0.1, 0.15) is 0 Å². The van der Waals surface area contributed by atoms with Crippen molar-refractivity contribution in [3.8, 4) is 0 Å². The quantitative estimate of drug-likeness (QED) is 0.614. The lowest BCUT2D eigenvalue weighted by atomic mass is 10.2. The van der Waals surface area contributed by atoms with Crippen LogP contribution in [0.1, 0.15) is 17.7 Å². The predicted molar refractivity (Wildman–Crippen MR) is 70.6 cm³/mol. The maximum atomic E-state index is 11.5. The normalized spacial score (nSPS) is 27.5. The van der Waals surface area contributed by atoms with Crippen LogP contribution in [-0.2, 0) is 9.84 Å². The summed E-state index contributed by atoms with van der Waals surface area (Å²) in [7, 11) is -3.65. The molecule has 2 rings (SSSR count). The molecule has 1 aliphatic rings. The van der Waals surface area contributed by atoms with Crippen molar-refractivity contribution in [2.45, 2.75) is 17.7 Å². The molecule has 0 saturated heterocycles. The Morgan fingerprint density at radius 1 is 1.67 bits per heavy atom. The van der Waals surface area contributed by atoms with Crippen LogP contribution in [0.5, 0.6) is 0 Å². The van der Waals surface area contributed by atoms with Crippen LogP contribution in [-0.4, -0.2) is 24.5 Å². The Labute approximate surface area is 109 Å². The van der Waals surface area contributed by atoms with Crippen LogP contribution >= 0.6 is 11.3 Å². The van der Waals surface area contributed by atoms with Crippen LogP contribution in [0, 0.1) is 16.0 Å². The van der Waals surface area contributed by atoms with Gasteiger partial charge in [-0.15, -0.1) is 11.3 Å². The van der Waals surface area contributed by atoms with Gasteiger partial charge in [-0.3, -0.25) is 10.1 Å². The molecule has 98 valence electrons. The van der Waals surface area contributed by atoms with Gasteiger partial charge in [-0.2, -0.15) is 0 Å². The summed E-state index contributed by atoms with van der Waals surface area (Å²) in [5, 5.41) is 12.9. The first-order valence-corrected chi connectivity index (χ1v) is 8.19. The van der Waals surface area contributed by atoms with Crippen molar-refractivity contribution in [2.75, 3.05) is 6.26 Å². The highest BCUT2D eigenvalue weighted by Crippen LogP contribution is 2.52. The lowest BCUT2D eigenvalue weighted by Gasteiger charge is -2.05. The van der Waals surface area contributed by atoms with Crippen LogP contribution in [0.4, 0.5) is 0 Å². The standard InChI is InChI=1S/C11H13NO4S2/c1-18(15,16)11(12(13)14)8-9(11)4-2-5-10-6-3-7-17-10/h2-3,5-7,9H,4,8H2,1H3/b5-2+/t9-,11+/m0/s1. The Balaban J connectivity index is 2.04. The van der Waals surface area contributed by atoms with E-state index in [-0.39, 0.29) is 6.42 Å². The molecule has 18 heavy (non-hydrogen) atoms. The number of rotatable bonds is 5. The second kappa shape index (κ2) is 4.47. The van der Waals surface area contributed by atoms with Gasteiger partial charge in [0.05, 0.1) is 5.92 Å². The first-order valence-electron chi connectivity index (χ1n) is 5.42. The molecule has 0 amide bonds. The maximum absolute atomic E-state index is 11.5. The summed E-state index contributed by atoms with van der Waals surface area (Å²) in [5.74, 6) is -0.404. The average molecular weight is 287 g/mol. The molecule has 0 spiro atoms. The fraction of sp³-hybridized carbons (Fsp3) is 0.455. The summed E-state index contributed by atoms with van der Waals surface area (Å²) in [6.45, 7) is 0. The molecule has 0 bridgehead atoms. The van der Waals surface area contributed by atoms with Gasteiger partial charge < -0.3 is 0 Å². The summed E-state index contributed by atoms with van der Waals surface area (Å²) in [6, 6.07) is 3.85. The van der Waals surface area contributed by atoms with Crippen LogP contribution in [0.15, 0.2) is 23.6 Å². The minimum absolute atomic E-state index is 0.119. The van der Waals surface area contributed by atoms with Crippen LogP contribution < -0.4 is 0 Å². The molecular formula is C11H13NO4S2. The monoisotopic (exact) mass is 287 g/mol. The summed E-state index contributed by atoms with van der Waals surface area (Å²) in [5.41, 5.74) is 0. The van der Waals surface area contributed by atoms with Crippen LogP contribution in [0.2, 0.25) is 0 Å². The molecule has 1 saturated carbocycles. The van der Waals surface area contributed by atoms with Crippen molar-refractivity contribution in [1.29, 1.82) is 0 Å². The van der Waals surface area contributed by atoms with E-state index < -0.39 is 25.5 Å². The number of hydrogen-bond donors (Lipinski definition) is 0. The van der Waals surface area contributed by atoms with E-state index in [2.05, 4.69) is 0 Å². The number of allylic oxidation sites excluding steroid dienone is 1. The fourth-order valence-corrected chi connectivity index (χ4v) is 4.23. The Morgan fingerprint density at radius 3 is 2.83 bits per heavy atom. The van der Waals surface area contributed by atoms with Gasteiger partial charge >= 0.3 is 4.87 Å². The van der Waals surface area contributed by atoms with Crippen LogP contribution in [0.3, 0.4) is 0 Å². The second-order valence-corrected chi connectivity index (χ2v) is 7.66. The van der Waals surface area contributed by atoms with Crippen molar-refractivity contribution < 1.29 is 13.3 Å². The molecule has 0 aromatic carbocycles. The van der Waals surface area contributed by atoms with E-state index in [1.165, 1.54) is 0 Å². The number of thiophene rings is 1. The van der Waals surface area contributed by atoms with E-state index in [1.54, 1.807) is 11.3 Å². The highest BCUT2D eigenvalue weighted by atomic mass is 32.2. The van der Waals surface area contributed by atoms with Gasteiger partial charge in [0, 0.05) is 22.5 Å². The topological polar surface area (TPSA) is 77.3 Å². The molecule has 7 heteroatoms. The molecule has 5 nitrogen and oxygen atoms in total. The second-order valence-electron chi connectivity index (χ2n) is 4.43. The highest BCUT2D eigenvalue weighted by molar-refractivity contribution is 7.92. The summed E-state index contributed by atoms with van der Waals surface area (Å²) < 4.78 is 23.0. The minimum atomic E-state index is -3.65. The van der Waals surface area contributed by atoms with Crippen molar-refractivity contribution in [2.24, 2.45) is 5.92 Å². The lowest BCUT2D eigenvalue weighted by Crippen LogP contribution is -2.33. The molecular weight excluding hydrogens is 274 g/mol. The molecule has 1 heterocycles. The van der Waals surface area contributed by atoms with E-state index in [9.17, 15) is 18.5 Å². The zero-order valence-electron chi connectivity index (χ0n) is 9.78. The Kier molecular flexibility index (Phi) is 3.29. The molecule has 0 N–H and O–H groups in total. The van der Waals surface area contributed by atoms with Gasteiger partial charge in [-0.05, 0) is 23.9 Å². The van der Waals surface area contributed by atoms with Gasteiger partial charge in [0.2, 0.25) is 9.84 Å². The van der Waals surface area contributed by atoms with Gasteiger partial charge in [0.15, 0.2) is 0 Å². The largest absolute Gasteiger partial charge is 0.322 e. The van der Waals surface area contributed by atoms with Crippen LogP contribution in [0.25, 0.3) is 6.08 Å². The smallest absolute Gasteiger partial charge is 0.263 e. The minimum Gasteiger partial charge on any atom is -0.263 e. The Morgan fingerprint density at radius 2 is 2.39 bits per heavy atom. The summed E-state index contributed by atoms with van der Waals surface area (Å²) in [4.78, 5) is 9.60. The average Bonchev–Trinajstić information content (AvgIpc) is 2.78. The highest BCUT2D eigenvalue weighted by Gasteiger charge is 2.73. The number of hydrogen-bond acceptors (Lipinski definition) is 5. The van der Waals surface area contributed by atoms with E-state index in [4.69, 9.17) is 0 Å². The zero-order chi connectivity index (χ0) is 13.4. The maximum Gasteiger partial charge on any atom is 0.322 e. The first kappa shape index (κ1) is 13.2. The van der Waals surface area contributed by atoms with E-state index in [0.29, 0.717) is 6.42 Å². The van der Waals surface area contributed by atoms with Crippen molar-refractivity contribution in [3.05, 3.63) is 38.6 Å². The third-order valence-electron chi connectivity index (χ3n) is 3.21. The summed E-state index contributed by atoms with van der Waals surface area (Å²) >= 11 is 1.57. The molecule has 1 aromatic heterocycles. The molecule has 0 radical (unpaired) electrons. The molecule has 0 aliphatic heterocycles. The number of nitrogens with zero attached hydrogens (tertiary/aromatic N) is 1. The third-order valence-corrected chi connectivity index (χ3v) is 5.98. The molecule has 1 aromatic rings. The van der Waals surface area contributed by atoms with Crippen molar-refractivity contribution in [3.63, 3.8) is 0 Å². The van der Waals surface area contributed by atoms with E-state index >= 15 is 0 Å². The van der Waals surface area contributed by atoms with E-state index in [1.807, 2.05) is 29.7 Å². The number of nitro groups is 1. The third kappa shape index (κ3) is 2.20. The fourth-order valence-electron chi connectivity index (χ4n) is 2.11. The summed E-state index contributed by atoms with van der Waals surface area (Å²) in [6.07, 6.45) is 5.17. The molecule has 1 aliphatic carbocycles. The predicted octanol–water partition coefficient (Wildman–Crippen LogP) is 2.19. The zero-order valence-corrected chi connectivity index (χ0v) is 11.4. The van der Waals surface area contributed by atoms with Gasteiger partial charge in [-0.1, -0.05) is 12.1 Å². The lowest BCUT2D eigenvalue weighted by molar-refractivity contribution is -0.515. The first-order chi connectivity index (χ1) is 8.38. The molecule has 2 atom stereocenters. The molecule has 0 unspecified atom stereocenters.